The first-order valence-corrected chi connectivity index (χ1v) is 6.01. The van der Waals surface area contributed by atoms with E-state index in [-0.39, 0.29) is 17.6 Å². The van der Waals surface area contributed by atoms with Gasteiger partial charge in [-0.2, -0.15) is 0 Å². The molecule has 2 atom stereocenters. The normalized spacial score (nSPS) is 26.5. The maximum Gasteiger partial charge on any atom is 0.237 e. The zero-order valence-electron chi connectivity index (χ0n) is 10.8. The quantitative estimate of drug-likeness (QED) is 0.752. The van der Waals surface area contributed by atoms with E-state index >= 15 is 0 Å². The number of ether oxygens (including phenoxy) is 1. The Kier molecular flexibility index (Phi) is 4.74. The minimum Gasteiger partial charge on any atom is -0.377 e. The topological polar surface area (TPSA) is 50.4 Å². The second-order valence-electron chi connectivity index (χ2n) is 5.32. The van der Waals surface area contributed by atoms with E-state index in [0.29, 0.717) is 12.5 Å². The third-order valence-corrected chi connectivity index (χ3v) is 3.22. The minimum atomic E-state index is -0.296. The smallest absolute Gasteiger partial charge is 0.237 e. The van der Waals surface area contributed by atoms with E-state index in [9.17, 15) is 4.79 Å². The molecule has 4 nitrogen and oxygen atoms in total. The Morgan fingerprint density at radius 1 is 1.56 bits per heavy atom. The van der Waals surface area contributed by atoms with Gasteiger partial charge in [-0.05, 0) is 39.2 Å². The molecule has 0 aliphatic carbocycles. The number of piperidine rings is 1. The van der Waals surface area contributed by atoms with Crippen LogP contribution in [0.25, 0.3) is 0 Å². The molecule has 1 heterocycles. The van der Waals surface area contributed by atoms with Gasteiger partial charge in [-0.1, -0.05) is 6.92 Å². The van der Waals surface area contributed by atoms with Gasteiger partial charge in [-0.25, -0.2) is 0 Å². The number of rotatable bonds is 4. The fourth-order valence-corrected chi connectivity index (χ4v) is 1.80. The fraction of sp³-hybridized carbons (Fsp3) is 0.917. The molecule has 1 aliphatic rings. The molecule has 1 fully saturated rings. The summed E-state index contributed by atoms with van der Waals surface area (Å²) in [6.07, 6.45) is 2.09. The lowest BCUT2D eigenvalue weighted by molar-refractivity contribution is -0.125. The van der Waals surface area contributed by atoms with E-state index in [2.05, 4.69) is 17.6 Å². The van der Waals surface area contributed by atoms with E-state index in [1.165, 1.54) is 0 Å². The molecule has 0 saturated carbocycles. The molecule has 0 bridgehead atoms. The van der Waals surface area contributed by atoms with Crippen LogP contribution in [0.4, 0.5) is 0 Å². The minimum absolute atomic E-state index is 0.0311. The summed E-state index contributed by atoms with van der Waals surface area (Å²) in [5.74, 6) is 0.726. The first-order chi connectivity index (χ1) is 7.44. The highest BCUT2D eigenvalue weighted by Crippen LogP contribution is 2.15. The van der Waals surface area contributed by atoms with Crippen LogP contribution in [-0.4, -0.2) is 37.7 Å². The summed E-state index contributed by atoms with van der Waals surface area (Å²) in [6, 6.07) is -0.0311. The highest BCUT2D eigenvalue weighted by molar-refractivity contribution is 5.81. The van der Waals surface area contributed by atoms with Gasteiger partial charge in [0.05, 0.1) is 11.6 Å². The number of carbonyl (C=O) groups excluding carboxylic acids is 1. The van der Waals surface area contributed by atoms with Gasteiger partial charge in [-0.3, -0.25) is 4.79 Å². The first-order valence-electron chi connectivity index (χ1n) is 6.01. The van der Waals surface area contributed by atoms with Crippen LogP contribution in [-0.2, 0) is 9.53 Å². The van der Waals surface area contributed by atoms with Crippen LogP contribution in [0.15, 0.2) is 0 Å². The molecule has 1 saturated heterocycles. The molecular formula is C12H24N2O2. The van der Waals surface area contributed by atoms with Crippen molar-refractivity contribution in [2.24, 2.45) is 5.92 Å². The van der Waals surface area contributed by atoms with Crippen LogP contribution in [0.5, 0.6) is 0 Å². The lowest BCUT2D eigenvalue weighted by Gasteiger charge is -2.29. The van der Waals surface area contributed by atoms with Gasteiger partial charge in [0.1, 0.15) is 0 Å². The van der Waals surface area contributed by atoms with Gasteiger partial charge in [0.2, 0.25) is 5.91 Å². The largest absolute Gasteiger partial charge is 0.377 e. The highest BCUT2D eigenvalue weighted by atomic mass is 16.5. The molecule has 4 heteroatoms. The SMILES string of the molecule is COC(C)(C)CNC(=O)C1CC(C)CCN1. The summed E-state index contributed by atoms with van der Waals surface area (Å²) in [6.45, 7) is 7.61. The Balaban J connectivity index is 2.34. The van der Waals surface area contributed by atoms with Crippen molar-refractivity contribution in [3.8, 4) is 0 Å². The van der Waals surface area contributed by atoms with Gasteiger partial charge in [-0.15, -0.1) is 0 Å². The third-order valence-electron chi connectivity index (χ3n) is 3.22. The molecule has 0 radical (unpaired) electrons. The summed E-state index contributed by atoms with van der Waals surface area (Å²) in [7, 11) is 1.66. The molecule has 1 aliphatic heterocycles. The van der Waals surface area contributed by atoms with Crippen molar-refractivity contribution in [1.82, 2.24) is 10.6 Å². The number of carbonyl (C=O) groups is 1. The Hall–Kier alpha value is -0.610. The highest BCUT2D eigenvalue weighted by Gasteiger charge is 2.26. The van der Waals surface area contributed by atoms with Gasteiger partial charge in [0, 0.05) is 13.7 Å². The second kappa shape index (κ2) is 5.64. The summed E-state index contributed by atoms with van der Waals surface area (Å²) >= 11 is 0. The molecule has 0 aromatic carbocycles. The Morgan fingerprint density at radius 3 is 2.81 bits per heavy atom. The number of methoxy groups -OCH3 is 1. The molecular weight excluding hydrogens is 204 g/mol. The van der Waals surface area contributed by atoms with Crippen LogP contribution in [0.2, 0.25) is 0 Å². The van der Waals surface area contributed by atoms with Crippen molar-refractivity contribution in [1.29, 1.82) is 0 Å². The number of hydrogen-bond donors (Lipinski definition) is 2. The number of nitrogens with one attached hydrogen (secondary N) is 2. The van der Waals surface area contributed by atoms with Crippen LogP contribution >= 0.6 is 0 Å². The monoisotopic (exact) mass is 228 g/mol. The average molecular weight is 228 g/mol. The van der Waals surface area contributed by atoms with Crippen molar-refractivity contribution < 1.29 is 9.53 Å². The molecule has 0 aromatic rings. The van der Waals surface area contributed by atoms with E-state index in [0.717, 1.165) is 19.4 Å². The van der Waals surface area contributed by atoms with Crippen molar-refractivity contribution >= 4 is 5.91 Å². The lowest BCUT2D eigenvalue weighted by atomic mass is 9.94. The molecule has 1 amide bonds. The van der Waals surface area contributed by atoms with Gasteiger partial charge >= 0.3 is 0 Å². The van der Waals surface area contributed by atoms with Gasteiger partial charge < -0.3 is 15.4 Å². The molecule has 2 N–H and O–H groups in total. The van der Waals surface area contributed by atoms with Crippen LogP contribution < -0.4 is 10.6 Å². The number of hydrogen-bond acceptors (Lipinski definition) is 3. The molecule has 0 spiro atoms. The second-order valence-corrected chi connectivity index (χ2v) is 5.32. The molecule has 16 heavy (non-hydrogen) atoms. The van der Waals surface area contributed by atoms with Crippen molar-refractivity contribution in [3.05, 3.63) is 0 Å². The van der Waals surface area contributed by atoms with Crippen LogP contribution in [0.1, 0.15) is 33.6 Å². The third kappa shape index (κ3) is 4.10. The van der Waals surface area contributed by atoms with Crippen molar-refractivity contribution in [3.63, 3.8) is 0 Å². The maximum atomic E-state index is 11.9. The van der Waals surface area contributed by atoms with E-state index < -0.39 is 0 Å². The molecule has 0 aromatic heterocycles. The Morgan fingerprint density at radius 2 is 2.25 bits per heavy atom. The Labute approximate surface area is 98.1 Å². The molecule has 2 unspecified atom stereocenters. The predicted molar refractivity (Wildman–Crippen MR) is 64.3 cm³/mol. The summed E-state index contributed by atoms with van der Waals surface area (Å²) in [5.41, 5.74) is -0.296. The molecule has 94 valence electrons. The zero-order chi connectivity index (χ0) is 12.2. The summed E-state index contributed by atoms with van der Waals surface area (Å²) < 4.78 is 5.26. The first kappa shape index (κ1) is 13.5. The van der Waals surface area contributed by atoms with E-state index in [1.807, 2.05) is 13.8 Å². The summed E-state index contributed by atoms with van der Waals surface area (Å²) in [5, 5.41) is 6.19. The van der Waals surface area contributed by atoms with E-state index in [1.54, 1.807) is 7.11 Å². The Bertz CT molecular complexity index is 241. The van der Waals surface area contributed by atoms with Crippen LogP contribution in [0, 0.1) is 5.92 Å². The maximum absolute atomic E-state index is 11.9. The van der Waals surface area contributed by atoms with Gasteiger partial charge in [0.15, 0.2) is 0 Å². The lowest BCUT2D eigenvalue weighted by Crippen LogP contribution is -2.51. The number of amides is 1. The van der Waals surface area contributed by atoms with Crippen molar-refractivity contribution in [2.75, 3.05) is 20.2 Å². The van der Waals surface area contributed by atoms with Crippen molar-refractivity contribution in [2.45, 2.75) is 45.3 Å². The standard InChI is InChI=1S/C12H24N2O2/c1-9-5-6-13-10(7-9)11(15)14-8-12(2,3)16-4/h9-10,13H,5-8H2,1-4H3,(H,14,15). The van der Waals surface area contributed by atoms with Gasteiger partial charge in [0.25, 0.3) is 0 Å². The zero-order valence-corrected chi connectivity index (χ0v) is 10.8. The van der Waals surface area contributed by atoms with Crippen LogP contribution in [0.3, 0.4) is 0 Å². The average Bonchev–Trinajstić information content (AvgIpc) is 2.26. The fourth-order valence-electron chi connectivity index (χ4n) is 1.80. The predicted octanol–water partition coefficient (Wildman–Crippen LogP) is 0.916. The molecule has 1 rings (SSSR count). The summed E-state index contributed by atoms with van der Waals surface area (Å²) in [4.78, 5) is 11.9. The van der Waals surface area contributed by atoms with E-state index in [4.69, 9.17) is 4.74 Å².